The lowest BCUT2D eigenvalue weighted by molar-refractivity contribution is 0.0210. The van der Waals surface area contributed by atoms with Crippen LogP contribution in [-0.4, -0.2) is 40.7 Å². The van der Waals surface area contributed by atoms with E-state index in [1.807, 2.05) is 26.8 Å². The molecule has 1 amide bonds. The van der Waals surface area contributed by atoms with E-state index in [0.29, 0.717) is 30.4 Å². The highest BCUT2D eigenvalue weighted by atomic mass is 16.6. The maximum atomic E-state index is 12.1. The minimum Gasteiger partial charge on any atom is -0.444 e. The lowest BCUT2D eigenvalue weighted by Crippen LogP contribution is -2.44. The van der Waals surface area contributed by atoms with Crippen LogP contribution in [-0.2, 0) is 4.74 Å². The SMILES string of the molecule is CC(C)(C)OC(=O)N1CCC(Nc2nc3cc(N)ccc3o2)CC1. The van der Waals surface area contributed by atoms with Crippen molar-refractivity contribution in [2.24, 2.45) is 0 Å². The third-order valence-corrected chi connectivity index (χ3v) is 3.89. The fourth-order valence-corrected chi connectivity index (χ4v) is 2.71. The van der Waals surface area contributed by atoms with Crippen molar-refractivity contribution in [3.05, 3.63) is 18.2 Å². The van der Waals surface area contributed by atoms with E-state index in [1.54, 1.807) is 17.0 Å². The number of amides is 1. The van der Waals surface area contributed by atoms with Gasteiger partial charge in [-0.05, 0) is 51.8 Å². The van der Waals surface area contributed by atoms with Crippen molar-refractivity contribution in [1.82, 2.24) is 9.88 Å². The summed E-state index contributed by atoms with van der Waals surface area (Å²) in [5, 5.41) is 3.30. The first kappa shape index (κ1) is 16.4. The van der Waals surface area contributed by atoms with Crippen LogP contribution in [0, 0.1) is 0 Å². The molecule has 3 N–H and O–H groups in total. The standard InChI is InChI=1S/C17H24N4O3/c1-17(2,3)24-16(22)21-8-6-12(7-9-21)19-15-20-13-10-11(18)4-5-14(13)23-15/h4-5,10,12H,6-9,18H2,1-3H3,(H,19,20). The number of piperidine rings is 1. The fraction of sp³-hybridized carbons (Fsp3) is 0.529. The van der Waals surface area contributed by atoms with Crippen molar-refractivity contribution >= 4 is 28.9 Å². The molecule has 1 saturated heterocycles. The topological polar surface area (TPSA) is 93.6 Å². The molecule has 2 aromatic rings. The number of nitrogens with one attached hydrogen (secondary N) is 1. The van der Waals surface area contributed by atoms with Crippen LogP contribution in [0.1, 0.15) is 33.6 Å². The van der Waals surface area contributed by atoms with Crippen molar-refractivity contribution in [2.75, 3.05) is 24.1 Å². The fourth-order valence-electron chi connectivity index (χ4n) is 2.71. The Balaban J connectivity index is 1.55. The van der Waals surface area contributed by atoms with Gasteiger partial charge >= 0.3 is 6.09 Å². The predicted molar refractivity (Wildman–Crippen MR) is 92.9 cm³/mol. The minimum atomic E-state index is -0.466. The zero-order chi connectivity index (χ0) is 17.3. The Hall–Kier alpha value is -2.44. The van der Waals surface area contributed by atoms with Crippen LogP contribution in [0.15, 0.2) is 22.6 Å². The summed E-state index contributed by atoms with van der Waals surface area (Å²) < 4.78 is 11.1. The first-order valence-electron chi connectivity index (χ1n) is 8.21. The summed E-state index contributed by atoms with van der Waals surface area (Å²) in [6.07, 6.45) is 1.39. The molecule has 1 aliphatic heterocycles. The number of fused-ring (bicyclic) bond motifs is 1. The van der Waals surface area contributed by atoms with Gasteiger partial charge in [-0.3, -0.25) is 0 Å². The van der Waals surface area contributed by atoms with Crippen molar-refractivity contribution in [3.63, 3.8) is 0 Å². The molecule has 0 spiro atoms. The lowest BCUT2D eigenvalue weighted by Gasteiger charge is -2.33. The van der Waals surface area contributed by atoms with Gasteiger partial charge in [0.15, 0.2) is 5.58 Å². The molecule has 0 aliphatic carbocycles. The van der Waals surface area contributed by atoms with Gasteiger partial charge in [-0.1, -0.05) is 0 Å². The number of hydrogen-bond acceptors (Lipinski definition) is 6. The van der Waals surface area contributed by atoms with Crippen LogP contribution in [0.25, 0.3) is 11.1 Å². The molecule has 0 radical (unpaired) electrons. The molecule has 1 fully saturated rings. The van der Waals surface area contributed by atoms with Gasteiger partial charge in [0.2, 0.25) is 0 Å². The summed E-state index contributed by atoms with van der Waals surface area (Å²) >= 11 is 0. The number of carbonyl (C=O) groups is 1. The minimum absolute atomic E-state index is 0.217. The molecular weight excluding hydrogens is 308 g/mol. The molecular formula is C17H24N4O3. The molecule has 24 heavy (non-hydrogen) atoms. The predicted octanol–water partition coefficient (Wildman–Crippen LogP) is 3.22. The molecule has 1 aliphatic rings. The smallest absolute Gasteiger partial charge is 0.410 e. The van der Waals surface area contributed by atoms with E-state index < -0.39 is 5.60 Å². The van der Waals surface area contributed by atoms with Crippen LogP contribution >= 0.6 is 0 Å². The number of nitrogens with two attached hydrogens (primary N) is 1. The Labute approximate surface area is 141 Å². The molecule has 0 bridgehead atoms. The van der Waals surface area contributed by atoms with E-state index >= 15 is 0 Å². The normalized spacial score (nSPS) is 16.4. The number of hydrogen-bond donors (Lipinski definition) is 2. The molecule has 2 heterocycles. The number of oxazole rings is 1. The average molecular weight is 332 g/mol. The van der Waals surface area contributed by atoms with Crippen LogP contribution in [0.5, 0.6) is 0 Å². The summed E-state index contributed by atoms with van der Waals surface area (Å²) in [6, 6.07) is 6.10. The Morgan fingerprint density at radius 1 is 1.38 bits per heavy atom. The average Bonchev–Trinajstić information content (AvgIpc) is 2.87. The zero-order valence-electron chi connectivity index (χ0n) is 14.3. The van der Waals surface area contributed by atoms with Gasteiger partial charge < -0.3 is 25.1 Å². The van der Waals surface area contributed by atoms with Gasteiger partial charge in [-0.25, -0.2) is 4.79 Å². The highest BCUT2D eigenvalue weighted by Crippen LogP contribution is 2.23. The first-order chi connectivity index (χ1) is 11.3. The molecule has 0 saturated carbocycles. The Bertz CT molecular complexity index is 727. The third-order valence-electron chi connectivity index (χ3n) is 3.89. The number of likely N-dealkylation sites (tertiary alicyclic amines) is 1. The van der Waals surface area contributed by atoms with Crippen molar-refractivity contribution < 1.29 is 13.9 Å². The van der Waals surface area contributed by atoms with Crippen molar-refractivity contribution in [1.29, 1.82) is 0 Å². The van der Waals surface area contributed by atoms with Crippen molar-refractivity contribution in [3.8, 4) is 0 Å². The van der Waals surface area contributed by atoms with Gasteiger partial charge in [0.1, 0.15) is 11.1 Å². The van der Waals surface area contributed by atoms with E-state index in [4.69, 9.17) is 14.9 Å². The maximum absolute atomic E-state index is 12.1. The Kier molecular flexibility index (Phi) is 4.26. The zero-order valence-corrected chi connectivity index (χ0v) is 14.3. The number of anilines is 2. The maximum Gasteiger partial charge on any atom is 0.410 e. The molecule has 0 atom stereocenters. The molecule has 130 valence electrons. The van der Waals surface area contributed by atoms with Crippen LogP contribution in [0.3, 0.4) is 0 Å². The Morgan fingerprint density at radius 2 is 2.08 bits per heavy atom. The molecule has 7 nitrogen and oxygen atoms in total. The van der Waals surface area contributed by atoms with Gasteiger partial charge in [-0.2, -0.15) is 4.98 Å². The van der Waals surface area contributed by atoms with E-state index in [-0.39, 0.29) is 12.1 Å². The summed E-state index contributed by atoms with van der Waals surface area (Å²) in [4.78, 5) is 18.2. The summed E-state index contributed by atoms with van der Waals surface area (Å²) in [5.74, 6) is 0. The summed E-state index contributed by atoms with van der Waals surface area (Å²) in [7, 11) is 0. The summed E-state index contributed by atoms with van der Waals surface area (Å²) in [5.41, 5.74) is 7.39. The lowest BCUT2D eigenvalue weighted by atomic mass is 10.1. The van der Waals surface area contributed by atoms with E-state index in [9.17, 15) is 4.79 Å². The largest absolute Gasteiger partial charge is 0.444 e. The number of nitrogens with zero attached hydrogens (tertiary/aromatic N) is 2. The molecule has 1 aromatic heterocycles. The summed E-state index contributed by atoms with van der Waals surface area (Å²) in [6.45, 7) is 6.93. The number of benzene rings is 1. The number of rotatable bonds is 2. The quantitative estimate of drug-likeness (QED) is 0.820. The highest BCUT2D eigenvalue weighted by Gasteiger charge is 2.27. The van der Waals surface area contributed by atoms with E-state index in [2.05, 4.69) is 10.3 Å². The monoisotopic (exact) mass is 332 g/mol. The van der Waals surface area contributed by atoms with Gasteiger partial charge in [0.25, 0.3) is 6.01 Å². The Morgan fingerprint density at radius 3 is 2.75 bits per heavy atom. The first-order valence-corrected chi connectivity index (χ1v) is 8.21. The van der Waals surface area contributed by atoms with Crippen molar-refractivity contribution in [2.45, 2.75) is 45.3 Å². The molecule has 1 aromatic carbocycles. The van der Waals surface area contributed by atoms with E-state index in [1.165, 1.54) is 0 Å². The van der Waals surface area contributed by atoms with Gasteiger partial charge in [0, 0.05) is 24.8 Å². The molecule has 0 unspecified atom stereocenters. The second-order valence-corrected chi connectivity index (χ2v) is 7.13. The third kappa shape index (κ3) is 3.90. The number of ether oxygens (including phenoxy) is 1. The van der Waals surface area contributed by atoms with Crippen LogP contribution < -0.4 is 11.1 Å². The van der Waals surface area contributed by atoms with Gasteiger partial charge in [0.05, 0.1) is 0 Å². The molecule has 7 heteroatoms. The van der Waals surface area contributed by atoms with Crippen LogP contribution in [0.4, 0.5) is 16.5 Å². The highest BCUT2D eigenvalue weighted by molar-refractivity contribution is 5.78. The molecule has 3 rings (SSSR count). The second kappa shape index (κ2) is 6.22. The van der Waals surface area contributed by atoms with Crippen LogP contribution in [0.2, 0.25) is 0 Å². The van der Waals surface area contributed by atoms with Gasteiger partial charge in [-0.15, -0.1) is 0 Å². The number of aromatic nitrogens is 1. The second-order valence-electron chi connectivity index (χ2n) is 7.13. The number of carbonyl (C=O) groups excluding carboxylic acids is 1. The number of nitrogen functional groups attached to an aromatic ring is 1. The van der Waals surface area contributed by atoms with E-state index in [0.717, 1.165) is 18.4 Å².